The number of rotatable bonds is 10. The first-order chi connectivity index (χ1) is 21.7. The maximum atomic E-state index is 11.7. The Morgan fingerprint density at radius 1 is 0.711 bits per heavy atom. The Bertz CT molecular complexity index is 1850. The van der Waals surface area contributed by atoms with Gasteiger partial charge in [-0.2, -0.15) is 8.42 Å². The Kier molecular flexibility index (Phi) is 8.76. The van der Waals surface area contributed by atoms with Crippen molar-refractivity contribution in [3.8, 4) is 22.6 Å². The zero-order valence-corrected chi connectivity index (χ0v) is 26.9. The number of para-hydroxylation sites is 1. The third-order valence-corrected chi connectivity index (χ3v) is 10.4. The van der Waals surface area contributed by atoms with Crippen LogP contribution in [0.5, 0.6) is 11.5 Å². The lowest BCUT2D eigenvalue weighted by Crippen LogP contribution is -2.27. The highest BCUT2D eigenvalue weighted by Gasteiger charge is 2.26. The van der Waals surface area contributed by atoms with Crippen LogP contribution in [0.15, 0.2) is 125 Å². The maximum Gasteiger partial charge on any atom is 0.267 e. The van der Waals surface area contributed by atoms with Crippen LogP contribution >= 0.6 is 11.8 Å². The Morgan fingerprint density at radius 2 is 1.22 bits per heavy atom. The van der Waals surface area contributed by atoms with Crippen molar-refractivity contribution >= 4 is 50.3 Å². The second-order valence-electron chi connectivity index (χ2n) is 10.8. The van der Waals surface area contributed by atoms with Crippen LogP contribution in [-0.4, -0.2) is 39.0 Å². The summed E-state index contributed by atoms with van der Waals surface area (Å²) in [5, 5.41) is -0.851. The first-order valence-electron chi connectivity index (χ1n) is 14.6. The minimum atomic E-state index is -4.10. The standard InChI is InChI=1S/C36H34N2O5S2/c1-25(45(39,40)41)22-23-37-33-6-4-5-7-35(33)44-36-24-27(10-21-34(36)37)26-8-11-28(12-9-26)38(29-13-17-31(42-2)18-14-29)30-15-19-32(43-3)20-16-30/h4-21,24-25H,22-23H2,1-3H3,(H,39,40,41). The van der Waals surface area contributed by atoms with Gasteiger partial charge >= 0.3 is 0 Å². The predicted octanol–water partition coefficient (Wildman–Crippen LogP) is 9.11. The van der Waals surface area contributed by atoms with Crippen LogP contribution in [0.4, 0.5) is 28.4 Å². The molecular formula is C36H34N2O5S2. The van der Waals surface area contributed by atoms with E-state index >= 15 is 0 Å². The molecule has 0 spiro atoms. The van der Waals surface area contributed by atoms with Crippen molar-refractivity contribution in [2.24, 2.45) is 0 Å². The van der Waals surface area contributed by atoms with E-state index in [2.05, 4.69) is 58.3 Å². The van der Waals surface area contributed by atoms with E-state index in [0.29, 0.717) is 13.0 Å². The van der Waals surface area contributed by atoms with Crippen LogP contribution in [-0.2, 0) is 10.1 Å². The fraction of sp³-hybridized carbons (Fsp3) is 0.167. The molecule has 1 N–H and O–H groups in total. The highest BCUT2D eigenvalue weighted by Crippen LogP contribution is 2.49. The number of nitrogens with zero attached hydrogens (tertiary/aromatic N) is 2. The molecule has 1 atom stereocenters. The molecule has 0 saturated heterocycles. The molecule has 5 aromatic rings. The summed E-state index contributed by atoms with van der Waals surface area (Å²) < 4.78 is 43.7. The average molecular weight is 639 g/mol. The summed E-state index contributed by atoms with van der Waals surface area (Å²) in [5.41, 5.74) is 7.23. The van der Waals surface area contributed by atoms with Crippen LogP contribution < -0.4 is 19.3 Å². The van der Waals surface area contributed by atoms with E-state index in [0.717, 1.165) is 60.9 Å². The van der Waals surface area contributed by atoms with Gasteiger partial charge in [-0.05, 0) is 109 Å². The van der Waals surface area contributed by atoms with E-state index < -0.39 is 15.4 Å². The molecule has 0 saturated carbocycles. The van der Waals surface area contributed by atoms with Crippen LogP contribution in [0.2, 0.25) is 0 Å². The van der Waals surface area contributed by atoms with Crippen molar-refractivity contribution < 1.29 is 22.4 Å². The third kappa shape index (κ3) is 6.51. The van der Waals surface area contributed by atoms with Gasteiger partial charge in [-0.1, -0.05) is 42.1 Å². The van der Waals surface area contributed by atoms with Gasteiger partial charge < -0.3 is 19.3 Å². The van der Waals surface area contributed by atoms with E-state index in [9.17, 15) is 13.0 Å². The number of benzene rings is 5. The minimum Gasteiger partial charge on any atom is -0.497 e. The molecule has 0 aromatic heterocycles. The van der Waals surface area contributed by atoms with Gasteiger partial charge in [-0.25, -0.2) is 0 Å². The quantitative estimate of drug-likeness (QED) is 0.152. The van der Waals surface area contributed by atoms with E-state index in [4.69, 9.17) is 9.47 Å². The summed E-state index contributed by atoms with van der Waals surface area (Å²) in [6, 6.07) is 39.0. The highest BCUT2D eigenvalue weighted by atomic mass is 32.2. The molecule has 45 heavy (non-hydrogen) atoms. The van der Waals surface area contributed by atoms with Gasteiger partial charge in [-0.3, -0.25) is 4.55 Å². The largest absolute Gasteiger partial charge is 0.497 e. The van der Waals surface area contributed by atoms with E-state index in [-0.39, 0.29) is 0 Å². The first kappa shape index (κ1) is 30.6. The lowest BCUT2D eigenvalue weighted by atomic mass is 10.0. The van der Waals surface area contributed by atoms with Gasteiger partial charge in [0.25, 0.3) is 10.1 Å². The number of fused-ring (bicyclic) bond motifs is 2. The number of ether oxygens (including phenoxy) is 2. The third-order valence-electron chi connectivity index (χ3n) is 8.01. The monoisotopic (exact) mass is 638 g/mol. The summed E-state index contributed by atoms with van der Waals surface area (Å²) in [6.07, 6.45) is 0.305. The molecule has 230 valence electrons. The van der Waals surface area contributed by atoms with Crippen LogP contribution in [0.1, 0.15) is 13.3 Å². The van der Waals surface area contributed by atoms with Crippen molar-refractivity contribution in [2.45, 2.75) is 28.4 Å². The van der Waals surface area contributed by atoms with Crippen molar-refractivity contribution in [3.05, 3.63) is 115 Å². The summed E-state index contributed by atoms with van der Waals surface area (Å²) in [6.45, 7) is 2.00. The smallest absolute Gasteiger partial charge is 0.267 e. The van der Waals surface area contributed by atoms with Gasteiger partial charge in [0, 0.05) is 33.4 Å². The van der Waals surface area contributed by atoms with E-state index in [1.807, 2.05) is 66.7 Å². The average Bonchev–Trinajstić information content (AvgIpc) is 3.07. The molecule has 0 amide bonds. The van der Waals surface area contributed by atoms with E-state index in [1.54, 1.807) is 26.0 Å². The SMILES string of the molecule is COc1ccc(N(c2ccc(OC)cc2)c2ccc(-c3ccc4c(c3)Sc3ccccc3N4CCC(C)S(=O)(=O)O)cc2)cc1. The molecular weight excluding hydrogens is 605 g/mol. The Morgan fingerprint density at radius 3 is 1.78 bits per heavy atom. The molecule has 1 aliphatic heterocycles. The van der Waals surface area contributed by atoms with Crippen molar-refractivity contribution in [1.82, 2.24) is 0 Å². The second-order valence-corrected chi connectivity index (χ2v) is 13.7. The zero-order chi connectivity index (χ0) is 31.6. The molecule has 1 heterocycles. The van der Waals surface area contributed by atoms with Gasteiger partial charge in [0.15, 0.2) is 0 Å². The lowest BCUT2D eigenvalue weighted by Gasteiger charge is -2.33. The topological polar surface area (TPSA) is 79.3 Å². The van der Waals surface area contributed by atoms with E-state index in [1.165, 1.54) is 6.92 Å². The summed E-state index contributed by atoms with van der Waals surface area (Å²) in [7, 11) is -0.776. The predicted molar refractivity (Wildman–Crippen MR) is 183 cm³/mol. The second kappa shape index (κ2) is 12.9. The molecule has 9 heteroatoms. The fourth-order valence-corrected chi connectivity index (χ4v) is 6.96. The normalized spacial score (nSPS) is 13.0. The first-order valence-corrected chi connectivity index (χ1v) is 16.9. The number of hydrogen-bond donors (Lipinski definition) is 1. The van der Waals surface area contributed by atoms with Gasteiger partial charge in [0.1, 0.15) is 11.5 Å². The number of methoxy groups -OCH3 is 2. The Labute approximate surface area is 268 Å². The summed E-state index contributed by atoms with van der Waals surface area (Å²) in [4.78, 5) is 6.53. The molecule has 5 aromatic carbocycles. The van der Waals surface area contributed by atoms with Gasteiger partial charge in [0.2, 0.25) is 0 Å². The van der Waals surface area contributed by atoms with Crippen molar-refractivity contribution in [1.29, 1.82) is 0 Å². The van der Waals surface area contributed by atoms with Crippen molar-refractivity contribution in [2.75, 3.05) is 30.6 Å². The van der Waals surface area contributed by atoms with Crippen LogP contribution in [0.25, 0.3) is 11.1 Å². The molecule has 0 radical (unpaired) electrons. The highest BCUT2D eigenvalue weighted by molar-refractivity contribution is 7.99. The summed E-state index contributed by atoms with van der Waals surface area (Å²) in [5.74, 6) is 1.59. The van der Waals surface area contributed by atoms with Gasteiger partial charge in [-0.15, -0.1) is 0 Å². The van der Waals surface area contributed by atoms with Crippen LogP contribution in [0, 0.1) is 0 Å². The number of hydrogen-bond acceptors (Lipinski definition) is 7. The molecule has 0 fully saturated rings. The molecule has 6 rings (SSSR count). The number of anilines is 5. The molecule has 7 nitrogen and oxygen atoms in total. The fourth-order valence-electron chi connectivity index (χ4n) is 5.43. The Hall–Kier alpha value is -4.44. The molecule has 0 aliphatic carbocycles. The molecule has 1 unspecified atom stereocenters. The van der Waals surface area contributed by atoms with Crippen LogP contribution in [0.3, 0.4) is 0 Å². The van der Waals surface area contributed by atoms with Crippen molar-refractivity contribution in [3.63, 3.8) is 0 Å². The maximum absolute atomic E-state index is 11.7. The summed E-state index contributed by atoms with van der Waals surface area (Å²) >= 11 is 1.71. The molecule has 0 bridgehead atoms. The molecule has 1 aliphatic rings. The lowest BCUT2D eigenvalue weighted by molar-refractivity contribution is 0.415. The zero-order valence-electron chi connectivity index (χ0n) is 25.3. The Balaban J connectivity index is 1.31. The van der Waals surface area contributed by atoms with Gasteiger partial charge in [0.05, 0.1) is 30.8 Å². The minimum absolute atomic E-state index is 0.305.